The molecule has 1 aromatic carbocycles. The minimum absolute atomic E-state index is 0.0571. The highest BCUT2D eigenvalue weighted by atomic mass is 14.7. The Bertz CT molecular complexity index is 409. The fourth-order valence-electron chi connectivity index (χ4n) is 3.87. The molecule has 0 fully saturated rings. The third kappa shape index (κ3) is 13.4. The van der Waals surface area contributed by atoms with Crippen molar-refractivity contribution in [1.82, 2.24) is 0 Å². The van der Waals surface area contributed by atoms with Crippen LogP contribution in [0.25, 0.3) is 0 Å². The lowest BCUT2D eigenvalue weighted by Gasteiger charge is -2.24. The first-order chi connectivity index (χ1) is 12.6. The zero-order chi connectivity index (χ0) is 18.9. The first kappa shape index (κ1) is 23.2. The van der Waals surface area contributed by atoms with Crippen molar-refractivity contribution in [2.24, 2.45) is 5.73 Å². The molecule has 1 rings (SSSR count). The smallest absolute Gasteiger partial charge is 0.0166 e. The van der Waals surface area contributed by atoms with Crippen molar-refractivity contribution in [3.8, 4) is 0 Å². The quantitative estimate of drug-likeness (QED) is 0.282. The van der Waals surface area contributed by atoms with E-state index in [0.29, 0.717) is 0 Å². The molecule has 0 aliphatic heterocycles. The SMILES string of the molecule is CCCCCCCCCCCCCCCC[C@](C)(N)Cc1ccccc1. The van der Waals surface area contributed by atoms with Crippen LogP contribution in [0.1, 0.15) is 116 Å². The van der Waals surface area contributed by atoms with Gasteiger partial charge in [-0.25, -0.2) is 0 Å². The fourth-order valence-corrected chi connectivity index (χ4v) is 3.87. The van der Waals surface area contributed by atoms with E-state index in [1.54, 1.807) is 0 Å². The van der Waals surface area contributed by atoms with Crippen LogP contribution in [0.2, 0.25) is 0 Å². The van der Waals surface area contributed by atoms with Gasteiger partial charge in [0, 0.05) is 5.54 Å². The fraction of sp³-hybridized carbons (Fsp3) is 0.760. The van der Waals surface area contributed by atoms with Crippen LogP contribution >= 0.6 is 0 Å². The van der Waals surface area contributed by atoms with Gasteiger partial charge in [-0.1, -0.05) is 127 Å². The Morgan fingerprint density at radius 1 is 0.654 bits per heavy atom. The number of unbranched alkanes of at least 4 members (excludes halogenated alkanes) is 13. The first-order valence-electron chi connectivity index (χ1n) is 11.5. The van der Waals surface area contributed by atoms with E-state index in [1.165, 1.54) is 95.5 Å². The summed E-state index contributed by atoms with van der Waals surface area (Å²) in [6, 6.07) is 10.7. The van der Waals surface area contributed by atoms with E-state index in [9.17, 15) is 0 Å². The highest BCUT2D eigenvalue weighted by molar-refractivity contribution is 5.17. The molecule has 0 bridgehead atoms. The van der Waals surface area contributed by atoms with Crippen LogP contribution in [0.5, 0.6) is 0 Å². The Balaban J connectivity index is 1.87. The Hall–Kier alpha value is -0.820. The third-order valence-corrected chi connectivity index (χ3v) is 5.55. The zero-order valence-corrected chi connectivity index (χ0v) is 17.8. The summed E-state index contributed by atoms with van der Waals surface area (Å²) in [7, 11) is 0. The molecule has 1 aromatic rings. The monoisotopic (exact) mass is 359 g/mol. The highest BCUT2D eigenvalue weighted by Crippen LogP contribution is 2.19. The predicted molar refractivity (Wildman–Crippen MR) is 118 cm³/mol. The Labute approximate surface area is 164 Å². The minimum Gasteiger partial charge on any atom is -0.325 e. The van der Waals surface area contributed by atoms with Crippen molar-refractivity contribution in [2.45, 2.75) is 122 Å². The summed E-state index contributed by atoms with van der Waals surface area (Å²) < 4.78 is 0. The molecular weight excluding hydrogens is 314 g/mol. The number of benzene rings is 1. The maximum absolute atomic E-state index is 6.50. The van der Waals surface area contributed by atoms with Crippen LogP contribution in [0.4, 0.5) is 0 Å². The second kappa shape index (κ2) is 15.3. The molecule has 0 amide bonds. The lowest BCUT2D eigenvalue weighted by molar-refractivity contribution is 0.403. The standard InChI is InChI=1S/C25H45N/c1-3-4-5-6-7-8-9-10-11-12-13-14-15-19-22-25(2,26)23-24-20-17-16-18-21-24/h16-18,20-21H,3-15,19,22-23,26H2,1-2H3/t25-/m0/s1. The van der Waals surface area contributed by atoms with Gasteiger partial charge in [-0.2, -0.15) is 0 Å². The largest absolute Gasteiger partial charge is 0.325 e. The first-order valence-corrected chi connectivity index (χ1v) is 11.5. The summed E-state index contributed by atoms with van der Waals surface area (Å²) >= 11 is 0. The number of hydrogen-bond donors (Lipinski definition) is 1. The van der Waals surface area contributed by atoms with E-state index in [1.807, 2.05) is 0 Å². The molecule has 0 radical (unpaired) electrons. The van der Waals surface area contributed by atoms with Gasteiger partial charge in [-0.05, 0) is 25.3 Å². The van der Waals surface area contributed by atoms with Gasteiger partial charge in [-0.15, -0.1) is 0 Å². The van der Waals surface area contributed by atoms with E-state index in [0.717, 1.165) is 12.8 Å². The van der Waals surface area contributed by atoms with Crippen LogP contribution in [-0.4, -0.2) is 5.54 Å². The summed E-state index contributed by atoms with van der Waals surface area (Å²) in [6.45, 7) is 4.50. The maximum Gasteiger partial charge on any atom is 0.0166 e. The van der Waals surface area contributed by atoms with Gasteiger partial charge >= 0.3 is 0 Å². The molecule has 1 atom stereocenters. The predicted octanol–water partition coefficient (Wildman–Crippen LogP) is 7.82. The average Bonchev–Trinajstić information content (AvgIpc) is 2.62. The van der Waals surface area contributed by atoms with Crippen LogP contribution in [-0.2, 0) is 6.42 Å². The van der Waals surface area contributed by atoms with Crippen LogP contribution in [0, 0.1) is 0 Å². The van der Waals surface area contributed by atoms with Crippen molar-refractivity contribution < 1.29 is 0 Å². The lowest BCUT2D eigenvalue weighted by Crippen LogP contribution is -2.38. The second-order valence-corrected chi connectivity index (χ2v) is 8.66. The minimum atomic E-state index is -0.0571. The van der Waals surface area contributed by atoms with Crippen LogP contribution < -0.4 is 5.73 Å². The van der Waals surface area contributed by atoms with Crippen molar-refractivity contribution in [3.05, 3.63) is 35.9 Å². The average molecular weight is 360 g/mol. The van der Waals surface area contributed by atoms with Gasteiger partial charge in [0.05, 0.1) is 0 Å². The van der Waals surface area contributed by atoms with Gasteiger partial charge < -0.3 is 5.73 Å². The van der Waals surface area contributed by atoms with E-state index >= 15 is 0 Å². The van der Waals surface area contributed by atoms with Crippen molar-refractivity contribution >= 4 is 0 Å². The molecular formula is C25H45N. The molecule has 2 N–H and O–H groups in total. The van der Waals surface area contributed by atoms with Crippen molar-refractivity contribution in [3.63, 3.8) is 0 Å². The normalized spacial score (nSPS) is 13.7. The molecule has 1 heteroatoms. The summed E-state index contributed by atoms with van der Waals surface area (Å²) in [6.07, 6.45) is 21.9. The van der Waals surface area contributed by atoms with Crippen LogP contribution in [0.15, 0.2) is 30.3 Å². The Morgan fingerprint density at radius 2 is 1.08 bits per heavy atom. The molecule has 0 aromatic heterocycles. The summed E-state index contributed by atoms with van der Waals surface area (Å²) in [5.74, 6) is 0. The van der Waals surface area contributed by atoms with E-state index in [2.05, 4.69) is 44.2 Å². The van der Waals surface area contributed by atoms with Gasteiger partial charge in [-0.3, -0.25) is 0 Å². The molecule has 26 heavy (non-hydrogen) atoms. The third-order valence-electron chi connectivity index (χ3n) is 5.55. The van der Waals surface area contributed by atoms with E-state index in [-0.39, 0.29) is 5.54 Å². The number of rotatable bonds is 17. The molecule has 0 saturated heterocycles. The van der Waals surface area contributed by atoms with Gasteiger partial charge in [0.2, 0.25) is 0 Å². The molecule has 0 saturated carbocycles. The zero-order valence-electron chi connectivity index (χ0n) is 17.8. The molecule has 1 nitrogen and oxygen atoms in total. The van der Waals surface area contributed by atoms with Gasteiger partial charge in [0.15, 0.2) is 0 Å². The van der Waals surface area contributed by atoms with Gasteiger partial charge in [0.1, 0.15) is 0 Å². The van der Waals surface area contributed by atoms with Crippen molar-refractivity contribution in [2.75, 3.05) is 0 Å². The lowest BCUT2D eigenvalue weighted by atomic mass is 9.88. The molecule has 0 unspecified atom stereocenters. The molecule has 0 spiro atoms. The summed E-state index contributed by atoms with van der Waals surface area (Å²) in [4.78, 5) is 0. The topological polar surface area (TPSA) is 26.0 Å². The van der Waals surface area contributed by atoms with Crippen molar-refractivity contribution in [1.29, 1.82) is 0 Å². The maximum atomic E-state index is 6.50. The molecule has 150 valence electrons. The van der Waals surface area contributed by atoms with Gasteiger partial charge in [0.25, 0.3) is 0 Å². The molecule has 0 heterocycles. The number of nitrogens with two attached hydrogens (primary N) is 1. The second-order valence-electron chi connectivity index (χ2n) is 8.66. The molecule has 0 aliphatic carbocycles. The highest BCUT2D eigenvalue weighted by Gasteiger charge is 2.18. The Kier molecular flexibility index (Phi) is 13.6. The summed E-state index contributed by atoms with van der Waals surface area (Å²) in [5, 5.41) is 0. The summed E-state index contributed by atoms with van der Waals surface area (Å²) in [5.41, 5.74) is 7.80. The molecule has 0 aliphatic rings. The van der Waals surface area contributed by atoms with E-state index in [4.69, 9.17) is 5.73 Å². The van der Waals surface area contributed by atoms with E-state index < -0.39 is 0 Å². The van der Waals surface area contributed by atoms with Crippen LogP contribution in [0.3, 0.4) is 0 Å². The Morgan fingerprint density at radius 3 is 1.54 bits per heavy atom. The number of hydrogen-bond acceptors (Lipinski definition) is 1.